The lowest BCUT2D eigenvalue weighted by Crippen LogP contribution is -2.41. The number of aryl methyl sites for hydroxylation is 2. The number of nitrogens with zero attached hydrogens (tertiary/aromatic N) is 4. The molecule has 0 saturated heterocycles. The number of anilines is 1. The van der Waals surface area contributed by atoms with Gasteiger partial charge >= 0.3 is 0 Å². The van der Waals surface area contributed by atoms with Crippen LogP contribution in [0.1, 0.15) is 34.3 Å². The lowest BCUT2D eigenvalue weighted by Gasteiger charge is -2.30. The van der Waals surface area contributed by atoms with E-state index in [2.05, 4.69) is 9.97 Å². The molecule has 204 valence electrons. The Bertz CT molecular complexity index is 1870. The van der Waals surface area contributed by atoms with Gasteiger partial charge in [-0.15, -0.1) is 0 Å². The van der Waals surface area contributed by atoms with Crippen LogP contribution in [-0.2, 0) is 12.8 Å². The Morgan fingerprint density at radius 2 is 1.85 bits per heavy atom. The van der Waals surface area contributed by atoms with Crippen LogP contribution in [0.4, 0.5) is 10.1 Å². The summed E-state index contributed by atoms with van der Waals surface area (Å²) in [4.78, 5) is 37.5. The third-order valence-electron chi connectivity index (χ3n) is 7.60. The van der Waals surface area contributed by atoms with Gasteiger partial charge in [-0.2, -0.15) is 0 Å². The standard InChI is InChI=1S/C32H25FN4O4/c33-21-7-9-22(10-8-21)36-15-3-6-25(31(36)38)32(39)37-16-17-40-28-18-23(11-12-26(28)37)41-27-13-14-34-30-29(27)24-5-2-1-4-20(24)19-35-30/h3,6-15,18-19H,1-2,4-5,16-17H2. The van der Waals surface area contributed by atoms with Crippen molar-refractivity contribution < 1.29 is 18.7 Å². The van der Waals surface area contributed by atoms with Crippen LogP contribution in [0, 0.1) is 5.82 Å². The van der Waals surface area contributed by atoms with Gasteiger partial charge in [0.25, 0.3) is 11.5 Å². The maximum atomic E-state index is 13.6. The van der Waals surface area contributed by atoms with Crippen LogP contribution in [-0.4, -0.2) is 33.6 Å². The van der Waals surface area contributed by atoms with Gasteiger partial charge in [0.05, 0.1) is 17.6 Å². The number of amides is 1. The molecule has 2 aliphatic rings. The molecular weight excluding hydrogens is 523 g/mol. The Morgan fingerprint density at radius 3 is 2.73 bits per heavy atom. The van der Waals surface area contributed by atoms with Crippen molar-refractivity contribution in [3.8, 4) is 22.9 Å². The Morgan fingerprint density at radius 1 is 1.00 bits per heavy atom. The smallest absolute Gasteiger partial charge is 0.267 e. The van der Waals surface area contributed by atoms with E-state index >= 15 is 0 Å². The lowest BCUT2D eigenvalue weighted by atomic mass is 9.91. The van der Waals surface area contributed by atoms with Crippen molar-refractivity contribution >= 4 is 22.6 Å². The Hall–Kier alpha value is -5.05. The summed E-state index contributed by atoms with van der Waals surface area (Å²) in [6.45, 7) is 0.542. The fraction of sp³-hybridized carbons (Fsp3) is 0.188. The molecule has 1 aliphatic heterocycles. The zero-order chi connectivity index (χ0) is 27.9. The van der Waals surface area contributed by atoms with Gasteiger partial charge in [0, 0.05) is 30.3 Å². The number of ether oxygens (including phenoxy) is 2. The first-order chi connectivity index (χ1) is 20.1. The number of halogens is 1. The van der Waals surface area contributed by atoms with Gasteiger partial charge in [-0.3, -0.25) is 14.2 Å². The van der Waals surface area contributed by atoms with Gasteiger partial charge in [0.2, 0.25) is 0 Å². The molecule has 1 amide bonds. The van der Waals surface area contributed by atoms with Crippen LogP contribution in [0.3, 0.4) is 0 Å². The van der Waals surface area contributed by atoms with Crippen LogP contribution < -0.4 is 19.9 Å². The van der Waals surface area contributed by atoms with E-state index in [1.54, 1.807) is 36.7 Å². The van der Waals surface area contributed by atoms with E-state index < -0.39 is 17.3 Å². The van der Waals surface area contributed by atoms with Gasteiger partial charge in [-0.25, -0.2) is 14.4 Å². The molecule has 0 fully saturated rings. The van der Waals surface area contributed by atoms with Crippen LogP contribution in [0.15, 0.2) is 84.0 Å². The summed E-state index contributed by atoms with van der Waals surface area (Å²) in [5.41, 5.74) is 3.67. The van der Waals surface area contributed by atoms with Gasteiger partial charge in [0.1, 0.15) is 35.2 Å². The number of aromatic nitrogens is 3. The first kappa shape index (κ1) is 25.0. The highest BCUT2D eigenvalue weighted by Gasteiger charge is 2.28. The zero-order valence-electron chi connectivity index (χ0n) is 22.0. The van der Waals surface area contributed by atoms with E-state index in [1.807, 2.05) is 12.3 Å². The largest absolute Gasteiger partial charge is 0.489 e. The van der Waals surface area contributed by atoms with Crippen molar-refractivity contribution in [2.45, 2.75) is 25.7 Å². The molecule has 1 aliphatic carbocycles. The van der Waals surface area contributed by atoms with E-state index in [9.17, 15) is 14.0 Å². The van der Waals surface area contributed by atoms with Crippen molar-refractivity contribution in [1.82, 2.24) is 14.5 Å². The number of hydrogen-bond donors (Lipinski definition) is 0. The predicted molar refractivity (Wildman–Crippen MR) is 152 cm³/mol. The van der Waals surface area contributed by atoms with E-state index in [0.717, 1.165) is 31.1 Å². The van der Waals surface area contributed by atoms with Crippen molar-refractivity contribution in [1.29, 1.82) is 0 Å². The highest BCUT2D eigenvalue weighted by molar-refractivity contribution is 6.07. The maximum Gasteiger partial charge on any atom is 0.267 e. The number of carbonyl (C=O) groups excluding carboxylic acids is 1. The fourth-order valence-corrected chi connectivity index (χ4v) is 5.61. The molecule has 0 N–H and O–H groups in total. The monoisotopic (exact) mass is 548 g/mol. The van der Waals surface area contributed by atoms with Gasteiger partial charge in [0.15, 0.2) is 5.65 Å². The molecule has 5 aromatic rings. The molecule has 0 unspecified atom stereocenters. The number of pyridine rings is 3. The minimum absolute atomic E-state index is 0.00512. The maximum absolute atomic E-state index is 13.6. The van der Waals surface area contributed by atoms with E-state index in [1.165, 1.54) is 50.9 Å². The molecule has 3 aromatic heterocycles. The zero-order valence-corrected chi connectivity index (χ0v) is 22.0. The molecular formula is C32H25FN4O4. The summed E-state index contributed by atoms with van der Waals surface area (Å²) in [7, 11) is 0. The number of carbonyl (C=O) groups is 1. The third-order valence-corrected chi connectivity index (χ3v) is 7.60. The van der Waals surface area contributed by atoms with E-state index in [-0.39, 0.29) is 18.7 Å². The molecule has 0 spiro atoms. The number of fused-ring (bicyclic) bond motifs is 4. The molecule has 0 atom stereocenters. The van der Waals surface area contributed by atoms with E-state index in [0.29, 0.717) is 34.3 Å². The van der Waals surface area contributed by atoms with Crippen molar-refractivity contribution in [2.24, 2.45) is 0 Å². The SMILES string of the molecule is O=C(c1cccn(-c2ccc(F)cc2)c1=O)N1CCOc2cc(Oc3ccnc4ncc5c(c34)CCCC5)ccc21. The lowest BCUT2D eigenvalue weighted by molar-refractivity contribution is 0.0974. The highest BCUT2D eigenvalue weighted by atomic mass is 19.1. The molecule has 41 heavy (non-hydrogen) atoms. The average molecular weight is 549 g/mol. The predicted octanol–water partition coefficient (Wildman–Crippen LogP) is 5.63. The van der Waals surface area contributed by atoms with Crippen LogP contribution in [0.25, 0.3) is 16.7 Å². The summed E-state index contributed by atoms with van der Waals surface area (Å²) in [5.74, 6) is 0.862. The molecule has 0 bridgehead atoms. The normalized spacial score (nSPS) is 14.2. The summed E-state index contributed by atoms with van der Waals surface area (Å²) in [6.07, 6.45) is 9.40. The quantitative estimate of drug-likeness (QED) is 0.289. The Balaban J connectivity index is 1.20. The third kappa shape index (κ3) is 4.49. The Kier molecular flexibility index (Phi) is 6.19. The molecule has 4 heterocycles. The molecule has 7 rings (SSSR count). The van der Waals surface area contributed by atoms with Gasteiger partial charge in [-0.1, -0.05) is 0 Å². The molecule has 2 aromatic carbocycles. The average Bonchev–Trinajstić information content (AvgIpc) is 3.01. The summed E-state index contributed by atoms with van der Waals surface area (Å²) in [5, 5.41) is 0.932. The van der Waals surface area contributed by atoms with Gasteiger partial charge in [-0.05, 0) is 91.4 Å². The van der Waals surface area contributed by atoms with E-state index in [4.69, 9.17) is 9.47 Å². The number of hydrogen-bond acceptors (Lipinski definition) is 6. The topological polar surface area (TPSA) is 86.6 Å². The molecule has 8 nitrogen and oxygen atoms in total. The Labute approximate surface area is 234 Å². The van der Waals surface area contributed by atoms with Crippen molar-refractivity contribution in [3.05, 3.63) is 112 Å². The number of rotatable bonds is 4. The van der Waals surface area contributed by atoms with Crippen LogP contribution in [0.5, 0.6) is 17.2 Å². The second-order valence-electron chi connectivity index (χ2n) is 10.1. The molecule has 9 heteroatoms. The summed E-state index contributed by atoms with van der Waals surface area (Å²) >= 11 is 0. The second kappa shape index (κ2) is 10.2. The van der Waals surface area contributed by atoms with Crippen LogP contribution >= 0.6 is 0 Å². The minimum atomic E-state index is -0.487. The van der Waals surface area contributed by atoms with Gasteiger partial charge < -0.3 is 14.4 Å². The highest BCUT2D eigenvalue weighted by Crippen LogP contribution is 2.39. The molecule has 0 saturated carbocycles. The first-order valence-corrected chi connectivity index (χ1v) is 13.6. The van der Waals surface area contributed by atoms with Crippen molar-refractivity contribution in [3.63, 3.8) is 0 Å². The molecule has 0 radical (unpaired) electrons. The summed E-state index contributed by atoms with van der Waals surface area (Å²) < 4.78 is 27.0. The fourth-order valence-electron chi connectivity index (χ4n) is 5.61. The number of benzene rings is 2. The first-order valence-electron chi connectivity index (χ1n) is 13.6. The second-order valence-corrected chi connectivity index (χ2v) is 10.1. The minimum Gasteiger partial charge on any atom is -0.489 e. The summed E-state index contributed by atoms with van der Waals surface area (Å²) in [6, 6.07) is 15.8. The van der Waals surface area contributed by atoms with Crippen molar-refractivity contribution in [2.75, 3.05) is 18.1 Å². The van der Waals surface area contributed by atoms with Crippen LogP contribution in [0.2, 0.25) is 0 Å².